The first-order chi connectivity index (χ1) is 14.0. The molecular formula is C18H23ClO11. The molecule has 1 aliphatic heterocycles. The van der Waals surface area contributed by atoms with Crippen LogP contribution in [0.2, 0.25) is 0 Å². The lowest BCUT2D eigenvalue weighted by molar-refractivity contribution is -0.198. The predicted octanol–water partition coefficient (Wildman–Crippen LogP) is 0.408. The minimum absolute atomic E-state index is 0.336. The van der Waals surface area contributed by atoms with E-state index < -0.39 is 66.2 Å². The lowest BCUT2D eigenvalue weighted by atomic mass is 9.97. The largest absolute Gasteiger partial charge is 0.475 e. The Morgan fingerprint density at radius 2 is 1.60 bits per heavy atom. The van der Waals surface area contributed by atoms with Gasteiger partial charge in [-0.05, 0) is 6.08 Å². The van der Waals surface area contributed by atoms with E-state index in [2.05, 4.69) is 4.74 Å². The van der Waals surface area contributed by atoms with Gasteiger partial charge in [-0.2, -0.15) is 0 Å². The lowest BCUT2D eigenvalue weighted by Gasteiger charge is -2.39. The average molecular weight is 451 g/mol. The molecule has 0 unspecified atom stereocenters. The van der Waals surface area contributed by atoms with Gasteiger partial charge in [-0.25, -0.2) is 4.79 Å². The molecule has 1 rings (SSSR count). The second-order valence-electron chi connectivity index (χ2n) is 6.15. The Morgan fingerprint density at radius 3 is 2.07 bits per heavy atom. The second kappa shape index (κ2) is 11.4. The van der Waals surface area contributed by atoms with Gasteiger partial charge in [0.15, 0.2) is 24.4 Å². The molecule has 0 spiro atoms. The van der Waals surface area contributed by atoms with Crippen LogP contribution in [0.3, 0.4) is 0 Å². The van der Waals surface area contributed by atoms with Crippen LogP contribution in [-0.2, 0) is 52.4 Å². The number of carbonyl (C=O) groups excluding carboxylic acids is 5. The van der Waals surface area contributed by atoms with E-state index in [9.17, 15) is 24.0 Å². The van der Waals surface area contributed by atoms with Crippen LogP contribution >= 0.6 is 11.6 Å². The molecule has 30 heavy (non-hydrogen) atoms. The SMILES string of the molecule is COC(=O)C1=C[C@@H](Cl)[C@@H](OC(C)=O)[C@H]([C@H](OC(C)=O)[C@@H](COC(C)=O)OC(C)=O)O1. The number of esters is 5. The van der Waals surface area contributed by atoms with Crippen molar-refractivity contribution in [3.63, 3.8) is 0 Å². The quantitative estimate of drug-likeness (QED) is 0.288. The van der Waals surface area contributed by atoms with Gasteiger partial charge in [0.1, 0.15) is 6.61 Å². The Kier molecular flexibility index (Phi) is 9.57. The molecular weight excluding hydrogens is 428 g/mol. The number of hydrogen-bond donors (Lipinski definition) is 0. The molecule has 0 N–H and O–H groups in total. The zero-order chi connectivity index (χ0) is 23.0. The monoisotopic (exact) mass is 450 g/mol. The fourth-order valence-electron chi connectivity index (χ4n) is 2.62. The molecule has 168 valence electrons. The van der Waals surface area contributed by atoms with E-state index in [4.69, 9.17) is 35.3 Å². The predicted molar refractivity (Wildman–Crippen MR) is 97.9 cm³/mol. The summed E-state index contributed by atoms with van der Waals surface area (Å²) in [5.41, 5.74) is 0. The molecule has 0 aromatic carbocycles. The molecule has 0 bridgehead atoms. The summed E-state index contributed by atoms with van der Waals surface area (Å²) in [5.74, 6) is -4.25. The number of halogens is 1. The normalized spacial score (nSPS) is 22.3. The smallest absolute Gasteiger partial charge is 0.373 e. The summed E-state index contributed by atoms with van der Waals surface area (Å²) in [4.78, 5) is 58.1. The van der Waals surface area contributed by atoms with Gasteiger partial charge in [-0.1, -0.05) is 0 Å². The third-order valence-electron chi connectivity index (χ3n) is 3.66. The molecule has 0 aromatic rings. The van der Waals surface area contributed by atoms with Crippen molar-refractivity contribution in [3.05, 3.63) is 11.8 Å². The fraction of sp³-hybridized carbons (Fsp3) is 0.611. The van der Waals surface area contributed by atoms with Crippen molar-refractivity contribution < 1.29 is 52.4 Å². The first-order valence-corrected chi connectivity index (χ1v) is 9.15. The Hall–Kier alpha value is -2.82. The fourth-order valence-corrected chi connectivity index (χ4v) is 2.93. The standard InChI is InChI=1S/C18H23ClO11/c1-8(20)26-7-14(27-9(2)21)16(29-11(4)23)17-15(28-10(3)22)12(19)6-13(30-17)18(24)25-5/h6,12,14-17H,7H2,1-5H3/t12-,14-,15-,16-,17-/m1/s1. The van der Waals surface area contributed by atoms with Crippen LogP contribution in [0.4, 0.5) is 0 Å². The molecule has 0 saturated heterocycles. The zero-order valence-electron chi connectivity index (χ0n) is 17.0. The summed E-state index contributed by atoms with van der Waals surface area (Å²) in [6, 6.07) is 0. The van der Waals surface area contributed by atoms with Gasteiger partial charge >= 0.3 is 29.8 Å². The first kappa shape index (κ1) is 25.2. The number of methoxy groups -OCH3 is 1. The Balaban J connectivity index is 3.41. The molecule has 0 radical (unpaired) electrons. The molecule has 0 aromatic heterocycles. The summed E-state index contributed by atoms with van der Waals surface area (Å²) in [6.45, 7) is 3.88. The number of alkyl halides is 1. The molecule has 0 amide bonds. The van der Waals surface area contributed by atoms with Crippen molar-refractivity contribution >= 4 is 41.4 Å². The van der Waals surface area contributed by atoms with Crippen molar-refractivity contribution in [1.29, 1.82) is 0 Å². The lowest BCUT2D eigenvalue weighted by Crippen LogP contribution is -2.56. The van der Waals surface area contributed by atoms with Gasteiger partial charge in [-0.3, -0.25) is 19.2 Å². The maximum absolute atomic E-state index is 11.9. The average Bonchev–Trinajstić information content (AvgIpc) is 2.63. The minimum Gasteiger partial charge on any atom is -0.475 e. The van der Waals surface area contributed by atoms with Crippen LogP contribution < -0.4 is 0 Å². The van der Waals surface area contributed by atoms with E-state index >= 15 is 0 Å². The van der Waals surface area contributed by atoms with Crippen LogP contribution in [0.1, 0.15) is 27.7 Å². The molecule has 0 aliphatic carbocycles. The number of ether oxygens (including phenoxy) is 6. The van der Waals surface area contributed by atoms with Crippen molar-refractivity contribution in [1.82, 2.24) is 0 Å². The zero-order valence-corrected chi connectivity index (χ0v) is 17.8. The van der Waals surface area contributed by atoms with Crippen LogP contribution in [0, 0.1) is 0 Å². The van der Waals surface area contributed by atoms with Crippen molar-refractivity contribution in [3.8, 4) is 0 Å². The first-order valence-electron chi connectivity index (χ1n) is 8.72. The van der Waals surface area contributed by atoms with Gasteiger partial charge in [0.25, 0.3) is 0 Å². The maximum atomic E-state index is 11.9. The van der Waals surface area contributed by atoms with E-state index in [1.165, 1.54) is 0 Å². The second-order valence-corrected chi connectivity index (χ2v) is 6.65. The number of hydrogen-bond acceptors (Lipinski definition) is 11. The third-order valence-corrected chi connectivity index (χ3v) is 4.03. The Labute approximate surface area is 177 Å². The molecule has 0 fully saturated rings. The number of carbonyl (C=O) groups is 5. The van der Waals surface area contributed by atoms with E-state index in [1.807, 2.05) is 0 Å². The summed E-state index contributed by atoms with van der Waals surface area (Å²) in [6.07, 6.45) is -4.32. The van der Waals surface area contributed by atoms with Gasteiger partial charge in [0, 0.05) is 27.7 Å². The number of rotatable bonds is 8. The Bertz CT molecular complexity index is 717. The highest BCUT2D eigenvalue weighted by molar-refractivity contribution is 6.22. The van der Waals surface area contributed by atoms with Gasteiger partial charge in [0.05, 0.1) is 12.5 Å². The highest BCUT2D eigenvalue weighted by Crippen LogP contribution is 2.30. The van der Waals surface area contributed by atoms with Gasteiger partial charge < -0.3 is 28.4 Å². The summed E-state index contributed by atoms with van der Waals surface area (Å²) < 4.78 is 30.6. The molecule has 1 heterocycles. The van der Waals surface area contributed by atoms with E-state index in [0.717, 1.165) is 40.9 Å². The van der Waals surface area contributed by atoms with Gasteiger partial charge in [-0.15, -0.1) is 11.6 Å². The van der Waals surface area contributed by atoms with Crippen molar-refractivity contribution in [2.24, 2.45) is 0 Å². The molecule has 5 atom stereocenters. The maximum Gasteiger partial charge on any atom is 0.373 e. The van der Waals surface area contributed by atoms with E-state index in [-0.39, 0.29) is 5.76 Å². The molecule has 11 nitrogen and oxygen atoms in total. The topological polar surface area (TPSA) is 141 Å². The molecule has 1 aliphatic rings. The summed E-state index contributed by atoms with van der Waals surface area (Å²) in [7, 11) is 1.11. The highest BCUT2D eigenvalue weighted by Gasteiger charge is 2.48. The van der Waals surface area contributed by atoms with Crippen LogP contribution in [0.15, 0.2) is 11.8 Å². The summed E-state index contributed by atoms with van der Waals surface area (Å²) in [5, 5.41) is -1.09. The molecule has 0 saturated carbocycles. The van der Waals surface area contributed by atoms with Crippen LogP contribution in [-0.4, -0.2) is 73.4 Å². The minimum atomic E-state index is -1.47. The summed E-state index contributed by atoms with van der Waals surface area (Å²) >= 11 is 6.26. The Morgan fingerprint density at radius 1 is 1.00 bits per heavy atom. The highest BCUT2D eigenvalue weighted by atomic mass is 35.5. The van der Waals surface area contributed by atoms with Crippen LogP contribution in [0.5, 0.6) is 0 Å². The van der Waals surface area contributed by atoms with E-state index in [1.54, 1.807) is 0 Å². The third kappa shape index (κ3) is 7.54. The van der Waals surface area contributed by atoms with E-state index in [0.29, 0.717) is 0 Å². The van der Waals surface area contributed by atoms with Gasteiger partial charge in [0.2, 0.25) is 5.76 Å². The van der Waals surface area contributed by atoms with Crippen molar-refractivity contribution in [2.75, 3.05) is 13.7 Å². The molecule has 12 heteroatoms. The van der Waals surface area contributed by atoms with Crippen LogP contribution in [0.25, 0.3) is 0 Å². The van der Waals surface area contributed by atoms with Crippen molar-refractivity contribution in [2.45, 2.75) is 57.5 Å².